The van der Waals surface area contributed by atoms with Gasteiger partial charge in [0, 0.05) is 19.3 Å². The summed E-state index contributed by atoms with van der Waals surface area (Å²) in [6.07, 6.45) is 85.1. The fraction of sp³-hybridized carbons (Fsp3) is 0.561. The smallest absolute Gasteiger partial charge is 0.306 e. The minimum Gasteiger partial charge on any atom is -0.462 e. The Morgan fingerprint density at radius 3 is 1.03 bits per heavy atom. The molecule has 6 heteroatoms. The van der Waals surface area contributed by atoms with Crippen molar-refractivity contribution in [3.63, 3.8) is 0 Å². The predicted octanol–water partition coefficient (Wildman–Crippen LogP) is 19.4. The van der Waals surface area contributed by atoms with Gasteiger partial charge >= 0.3 is 17.9 Å². The summed E-state index contributed by atoms with van der Waals surface area (Å²) in [6.45, 7) is 6.28. The third-order valence-electron chi connectivity index (χ3n) is 11.3. The molecular weight excluding hydrogens is 889 g/mol. The zero-order valence-corrected chi connectivity index (χ0v) is 45.9. The molecule has 0 aromatic heterocycles. The van der Waals surface area contributed by atoms with Crippen LogP contribution in [0.25, 0.3) is 0 Å². The molecule has 72 heavy (non-hydrogen) atoms. The van der Waals surface area contributed by atoms with E-state index >= 15 is 0 Å². The van der Waals surface area contributed by atoms with Gasteiger partial charge in [0.05, 0.1) is 0 Å². The Hall–Kier alpha value is -4.97. The maximum Gasteiger partial charge on any atom is 0.306 e. The molecule has 0 aromatic carbocycles. The molecular formula is C66H102O6. The Balaban J connectivity index is 4.59. The van der Waals surface area contributed by atoms with Gasteiger partial charge in [0.1, 0.15) is 13.2 Å². The molecule has 0 spiro atoms. The maximum atomic E-state index is 12.9. The van der Waals surface area contributed by atoms with E-state index in [1.54, 1.807) is 0 Å². The molecule has 0 bridgehead atoms. The number of hydrogen-bond acceptors (Lipinski definition) is 6. The van der Waals surface area contributed by atoms with E-state index in [4.69, 9.17) is 14.2 Å². The van der Waals surface area contributed by atoms with Crippen molar-refractivity contribution in [3.05, 3.63) is 158 Å². The molecule has 1 atom stereocenters. The van der Waals surface area contributed by atoms with Crippen molar-refractivity contribution in [2.45, 2.75) is 226 Å². The monoisotopic (exact) mass is 991 g/mol. The zero-order chi connectivity index (χ0) is 52.2. The van der Waals surface area contributed by atoms with Gasteiger partial charge in [-0.1, -0.05) is 237 Å². The van der Waals surface area contributed by atoms with Crippen molar-refractivity contribution in [1.29, 1.82) is 0 Å². The lowest BCUT2D eigenvalue weighted by Crippen LogP contribution is -2.30. The molecule has 0 heterocycles. The van der Waals surface area contributed by atoms with Crippen LogP contribution in [0.15, 0.2) is 158 Å². The largest absolute Gasteiger partial charge is 0.462 e. The van der Waals surface area contributed by atoms with Crippen molar-refractivity contribution in [2.24, 2.45) is 0 Å². The quantitative estimate of drug-likeness (QED) is 0.0199. The van der Waals surface area contributed by atoms with Crippen molar-refractivity contribution in [1.82, 2.24) is 0 Å². The number of unbranched alkanes of at least 4 members (excludes halogenated alkanes) is 15. The van der Waals surface area contributed by atoms with E-state index in [0.717, 1.165) is 141 Å². The fourth-order valence-electron chi connectivity index (χ4n) is 7.13. The van der Waals surface area contributed by atoms with Gasteiger partial charge in [-0.3, -0.25) is 14.4 Å². The molecule has 0 aromatic rings. The van der Waals surface area contributed by atoms with Gasteiger partial charge in [-0.05, 0) is 122 Å². The number of rotatable bonds is 49. The first-order chi connectivity index (χ1) is 35.5. The van der Waals surface area contributed by atoms with Crippen molar-refractivity contribution in [3.8, 4) is 0 Å². The van der Waals surface area contributed by atoms with Crippen LogP contribution in [0.4, 0.5) is 0 Å². The van der Waals surface area contributed by atoms with Crippen molar-refractivity contribution < 1.29 is 28.6 Å². The lowest BCUT2D eigenvalue weighted by Gasteiger charge is -2.18. The summed E-state index contributed by atoms with van der Waals surface area (Å²) < 4.78 is 16.8. The summed E-state index contributed by atoms with van der Waals surface area (Å²) >= 11 is 0. The van der Waals surface area contributed by atoms with Crippen LogP contribution in [0.5, 0.6) is 0 Å². The van der Waals surface area contributed by atoms with Crippen molar-refractivity contribution in [2.75, 3.05) is 13.2 Å². The highest BCUT2D eigenvalue weighted by Gasteiger charge is 2.19. The summed E-state index contributed by atoms with van der Waals surface area (Å²) in [5.41, 5.74) is 0. The number of carbonyl (C=O) groups is 3. The Labute approximate surface area is 441 Å². The molecule has 6 nitrogen and oxygen atoms in total. The Kier molecular flexibility index (Phi) is 54.6. The Morgan fingerprint density at radius 1 is 0.306 bits per heavy atom. The Bertz CT molecular complexity index is 1660. The second-order valence-electron chi connectivity index (χ2n) is 18.2. The third-order valence-corrected chi connectivity index (χ3v) is 11.3. The van der Waals surface area contributed by atoms with E-state index < -0.39 is 6.10 Å². The highest BCUT2D eigenvalue weighted by Crippen LogP contribution is 2.13. The summed E-state index contributed by atoms with van der Waals surface area (Å²) in [5, 5.41) is 0. The van der Waals surface area contributed by atoms with E-state index in [0.29, 0.717) is 12.8 Å². The average Bonchev–Trinajstić information content (AvgIpc) is 3.38. The molecule has 0 aliphatic carbocycles. The second kappa shape index (κ2) is 58.6. The van der Waals surface area contributed by atoms with Gasteiger partial charge in [-0.2, -0.15) is 0 Å². The Morgan fingerprint density at radius 2 is 0.611 bits per heavy atom. The molecule has 402 valence electrons. The maximum absolute atomic E-state index is 12.9. The minimum absolute atomic E-state index is 0.121. The topological polar surface area (TPSA) is 78.9 Å². The van der Waals surface area contributed by atoms with Gasteiger partial charge in [0.25, 0.3) is 0 Å². The summed E-state index contributed by atoms with van der Waals surface area (Å²) in [4.78, 5) is 38.2. The van der Waals surface area contributed by atoms with E-state index in [-0.39, 0.29) is 44.0 Å². The molecule has 0 rings (SSSR count). The van der Waals surface area contributed by atoms with Gasteiger partial charge in [0.2, 0.25) is 0 Å². The van der Waals surface area contributed by atoms with Crippen LogP contribution >= 0.6 is 0 Å². The van der Waals surface area contributed by atoms with Crippen LogP contribution in [0.2, 0.25) is 0 Å². The van der Waals surface area contributed by atoms with Crippen LogP contribution in [-0.4, -0.2) is 37.2 Å². The molecule has 0 N–H and O–H groups in total. The van der Waals surface area contributed by atoms with Gasteiger partial charge in [-0.25, -0.2) is 0 Å². The molecule has 0 fully saturated rings. The number of ether oxygens (including phenoxy) is 3. The first-order valence-electron chi connectivity index (χ1n) is 28.5. The molecule has 0 amide bonds. The van der Waals surface area contributed by atoms with Crippen LogP contribution in [0.3, 0.4) is 0 Å². The van der Waals surface area contributed by atoms with Gasteiger partial charge in [-0.15, -0.1) is 0 Å². The zero-order valence-electron chi connectivity index (χ0n) is 45.9. The lowest BCUT2D eigenvalue weighted by molar-refractivity contribution is -0.167. The lowest BCUT2D eigenvalue weighted by atomic mass is 10.1. The summed E-state index contributed by atoms with van der Waals surface area (Å²) in [5.74, 6) is -1.03. The minimum atomic E-state index is -0.829. The van der Waals surface area contributed by atoms with E-state index in [1.165, 1.54) is 32.1 Å². The van der Waals surface area contributed by atoms with Crippen molar-refractivity contribution >= 4 is 17.9 Å². The molecule has 0 aliphatic rings. The molecule has 0 saturated heterocycles. The normalized spacial score (nSPS) is 13.3. The van der Waals surface area contributed by atoms with Crippen LogP contribution < -0.4 is 0 Å². The number of allylic oxidation sites excluding steroid dienone is 26. The van der Waals surface area contributed by atoms with Crippen LogP contribution in [0.1, 0.15) is 220 Å². The van der Waals surface area contributed by atoms with E-state index in [2.05, 4.69) is 179 Å². The van der Waals surface area contributed by atoms with E-state index in [9.17, 15) is 14.4 Å². The highest BCUT2D eigenvalue weighted by molar-refractivity contribution is 5.71. The van der Waals surface area contributed by atoms with E-state index in [1.807, 2.05) is 0 Å². The summed E-state index contributed by atoms with van der Waals surface area (Å²) in [7, 11) is 0. The molecule has 1 unspecified atom stereocenters. The van der Waals surface area contributed by atoms with Gasteiger partial charge < -0.3 is 14.2 Å². The molecule has 0 saturated carbocycles. The van der Waals surface area contributed by atoms with Gasteiger partial charge in [0.15, 0.2) is 6.10 Å². The van der Waals surface area contributed by atoms with Crippen LogP contribution in [-0.2, 0) is 28.6 Å². The standard InChI is InChI=1S/C66H102O6/c1-4-7-10-13-16-19-22-25-28-31-33-36-38-41-44-47-50-53-56-59-65(68)71-62-63(61-70-64(67)58-55-52-49-46-43-40-37-34-30-27-24-21-18-15-12-9-6-3)72-66(69)60-57-54-51-48-45-42-39-35-32-29-26-23-20-17-14-11-8-5-2/h7,9-10,12,16-21,23,25-30,32-33,35-37,39-40,46,49,63H,4-6,8,11,13-15,22,24,31,34,38,41-45,47-48,50-62H2,1-3H3/b10-7-,12-9-,19-16-,20-17-,21-18-,26-23-,28-25-,30-27-,32-29-,36-33-,39-35-,40-37-,49-46-. The average molecular weight is 992 g/mol. The number of hydrogen-bond donors (Lipinski definition) is 0. The first-order valence-corrected chi connectivity index (χ1v) is 28.5. The predicted molar refractivity (Wildman–Crippen MR) is 311 cm³/mol. The molecule has 0 aliphatic heterocycles. The summed E-state index contributed by atoms with van der Waals surface area (Å²) in [6, 6.07) is 0. The fourth-order valence-corrected chi connectivity index (χ4v) is 7.13. The molecule has 0 radical (unpaired) electrons. The number of esters is 3. The highest BCUT2D eigenvalue weighted by atomic mass is 16.6. The number of carbonyl (C=O) groups excluding carboxylic acids is 3. The van der Waals surface area contributed by atoms with Crippen LogP contribution in [0, 0.1) is 0 Å². The second-order valence-corrected chi connectivity index (χ2v) is 18.2. The SMILES string of the molecule is CC/C=C\C/C=C\C/C=C\C/C=C\C/C=C\CCCC(=O)OCC(COC(=O)CCCCCCCC/C=C\C/C=C\C/C=C\C/C=C\CC)OC(=O)CCCCCCC\C=C/C=C\C=C/C=C\CCCCC. The third kappa shape index (κ3) is 56.0. The first kappa shape index (κ1) is 67.0.